The molecule has 0 heterocycles. The molecule has 2 N–H and O–H groups in total. The molecule has 2 rings (SSSR count). The molecule has 28 heavy (non-hydrogen) atoms. The summed E-state index contributed by atoms with van der Waals surface area (Å²) in [5.74, 6) is -0.0930. The number of nitrogens with zero attached hydrogens (tertiary/aromatic N) is 1. The first-order chi connectivity index (χ1) is 13.4. The van der Waals surface area contributed by atoms with Crippen LogP contribution in [0.1, 0.15) is 12.0 Å². The van der Waals surface area contributed by atoms with Crippen molar-refractivity contribution in [3.8, 4) is 5.75 Å². The Morgan fingerprint density at radius 3 is 2.54 bits per heavy atom. The van der Waals surface area contributed by atoms with E-state index < -0.39 is 15.9 Å². The quantitative estimate of drug-likeness (QED) is 0.567. The fourth-order valence-electron chi connectivity index (χ4n) is 2.49. The standard InChI is InChI=1S/C19H23ClN2O5S/c1-27-18-9-8-16(12-17(18)20)28(25,26)22(13-15-6-3-2-4-7-15)14-19(24)21-10-5-11-23/h2-4,6-9,12,23H,5,10-11,13-14H2,1H3,(H,21,24). The minimum Gasteiger partial charge on any atom is -0.495 e. The number of carbonyl (C=O) groups is 1. The minimum absolute atomic E-state index is 0.0280. The average Bonchev–Trinajstić information content (AvgIpc) is 2.68. The Hall–Kier alpha value is -2.13. The summed E-state index contributed by atoms with van der Waals surface area (Å²) in [6.07, 6.45) is 0.394. The number of nitrogens with one attached hydrogen (secondary N) is 1. The number of hydrogen-bond acceptors (Lipinski definition) is 5. The van der Waals surface area contributed by atoms with E-state index in [9.17, 15) is 13.2 Å². The van der Waals surface area contributed by atoms with Crippen molar-refractivity contribution in [1.82, 2.24) is 9.62 Å². The van der Waals surface area contributed by atoms with Crippen molar-refractivity contribution in [3.63, 3.8) is 0 Å². The molecule has 0 bridgehead atoms. The van der Waals surface area contributed by atoms with E-state index in [2.05, 4.69) is 5.32 Å². The predicted molar refractivity (Wildman–Crippen MR) is 107 cm³/mol. The molecule has 0 aliphatic heterocycles. The van der Waals surface area contributed by atoms with E-state index in [4.69, 9.17) is 21.4 Å². The zero-order chi connectivity index (χ0) is 20.6. The molecule has 0 aromatic heterocycles. The fourth-order valence-corrected chi connectivity index (χ4v) is 4.23. The Balaban J connectivity index is 2.30. The second kappa shape index (κ2) is 10.4. The van der Waals surface area contributed by atoms with Crippen molar-refractivity contribution < 1.29 is 23.1 Å². The molecular formula is C19H23ClN2O5S. The zero-order valence-electron chi connectivity index (χ0n) is 15.5. The number of carbonyl (C=O) groups excluding carboxylic acids is 1. The number of hydrogen-bond donors (Lipinski definition) is 2. The zero-order valence-corrected chi connectivity index (χ0v) is 17.0. The van der Waals surface area contributed by atoms with Gasteiger partial charge in [0.25, 0.3) is 0 Å². The van der Waals surface area contributed by atoms with Crippen molar-refractivity contribution in [2.75, 3.05) is 26.8 Å². The molecule has 0 aliphatic carbocycles. The average molecular weight is 427 g/mol. The molecule has 1 amide bonds. The highest BCUT2D eigenvalue weighted by Gasteiger charge is 2.27. The number of ether oxygens (including phenoxy) is 1. The minimum atomic E-state index is -3.99. The third kappa shape index (κ3) is 5.93. The lowest BCUT2D eigenvalue weighted by Gasteiger charge is -2.22. The van der Waals surface area contributed by atoms with Crippen molar-refractivity contribution in [2.45, 2.75) is 17.9 Å². The maximum absolute atomic E-state index is 13.2. The van der Waals surface area contributed by atoms with Crippen LogP contribution in [-0.2, 0) is 21.4 Å². The molecule has 0 fully saturated rings. The molecule has 2 aromatic rings. The lowest BCUT2D eigenvalue weighted by molar-refractivity contribution is -0.121. The van der Waals surface area contributed by atoms with Crippen LogP contribution < -0.4 is 10.1 Å². The van der Waals surface area contributed by atoms with Gasteiger partial charge >= 0.3 is 0 Å². The molecule has 0 radical (unpaired) electrons. The van der Waals surface area contributed by atoms with Crippen molar-refractivity contribution in [3.05, 3.63) is 59.1 Å². The Morgan fingerprint density at radius 2 is 1.93 bits per heavy atom. The van der Waals surface area contributed by atoms with Gasteiger partial charge in [-0.1, -0.05) is 41.9 Å². The van der Waals surface area contributed by atoms with Crippen LogP contribution in [0.3, 0.4) is 0 Å². The second-order valence-corrected chi connectivity index (χ2v) is 8.33. The number of methoxy groups -OCH3 is 1. The molecule has 0 spiro atoms. The van der Waals surface area contributed by atoms with Gasteiger partial charge in [0, 0.05) is 19.7 Å². The van der Waals surface area contributed by atoms with E-state index in [1.54, 1.807) is 24.3 Å². The highest BCUT2D eigenvalue weighted by Crippen LogP contribution is 2.28. The van der Waals surface area contributed by atoms with E-state index in [1.165, 1.54) is 25.3 Å². The van der Waals surface area contributed by atoms with E-state index >= 15 is 0 Å². The topological polar surface area (TPSA) is 95.9 Å². The van der Waals surface area contributed by atoms with E-state index in [-0.39, 0.29) is 36.2 Å². The molecule has 7 nitrogen and oxygen atoms in total. The molecule has 152 valence electrons. The number of aliphatic hydroxyl groups excluding tert-OH is 1. The first kappa shape index (κ1) is 22.2. The summed E-state index contributed by atoms with van der Waals surface area (Å²) in [5, 5.41) is 11.6. The molecular weight excluding hydrogens is 404 g/mol. The van der Waals surface area contributed by atoms with Gasteiger partial charge in [-0.05, 0) is 30.2 Å². The van der Waals surface area contributed by atoms with E-state index in [1.807, 2.05) is 6.07 Å². The molecule has 0 saturated heterocycles. The van der Waals surface area contributed by atoms with E-state index in [0.717, 1.165) is 9.87 Å². The summed E-state index contributed by atoms with van der Waals surface area (Å²) in [6.45, 7) is -0.119. The molecule has 0 saturated carbocycles. The van der Waals surface area contributed by atoms with Crippen molar-refractivity contribution >= 4 is 27.5 Å². The van der Waals surface area contributed by atoms with Gasteiger partial charge in [0.1, 0.15) is 5.75 Å². The summed E-state index contributed by atoms with van der Waals surface area (Å²) in [6, 6.07) is 13.2. The predicted octanol–water partition coefficient (Wildman–Crippen LogP) is 2.04. The first-order valence-electron chi connectivity index (χ1n) is 8.63. The fraction of sp³-hybridized carbons (Fsp3) is 0.316. The normalized spacial score (nSPS) is 11.4. The Bertz CT molecular complexity index is 890. The lowest BCUT2D eigenvalue weighted by atomic mass is 10.2. The summed E-state index contributed by atoms with van der Waals surface area (Å²) >= 11 is 6.08. The molecule has 0 aliphatic rings. The van der Waals surface area contributed by atoms with Crippen LogP contribution in [-0.4, -0.2) is 50.5 Å². The van der Waals surface area contributed by atoms with Crippen LogP contribution in [0.5, 0.6) is 5.75 Å². The first-order valence-corrected chi connectivity index (χ1v) is 10.5. The Kier molecular flexibility index (Phi) is 8.25. The van der Waals surface area contributed by atoms with Gasteiger partial charge in [-0.3, -0.25) is 4.79 Å². The highest BCUT2D eigenvalue weighted by atomic mass is 35.5. The maximum Gasteiger partial charge on any atom is 0.243 e. The van der Waals surface area contributed by atoms with Crippen molar-refractivity contribution in [1.29, 1.82) is 0 Å². The largest absolute Gasteiger partial charge is 0.495 e. The van der Waals surface area contributed by atoms with Crippen LogP contribution in [0.2, 0.25) is 5.02 Å². The Labute approximate surface area is 169 Å². The van der Waals surface area contributed by atoms with Crippen LogP contribution in [0.25, 0.3) is 0 Å². The summed E-state index contributed by atoms with van der Waals surface area (Å²) in [5.41, 5.74) is 0.744. The third-order valence-electron chi connectivity index (χ3n) is 3.94. The molecule has 0 atom stereocenters. The summed E-state index contributed by atoms with van der Waals surface area (Å²) in [7, 11) is -2.55. The third-order valence-corrected chi connectivity index (χ3v) is 6.02. The summed E-state index contributed by atoms with van der Waals surface area (Å²) < 4.78 is 32.5. The van der Waals surface area contributed by atoms with Gasteiger partial charge in [-0.15, -0.1) is 0 Å². The number of rotatable bonds is 10. The van der Waals surface area contributed by atoms with Gasteiger partial charge in [-0.25, -0.2) is 8.42 Å². The Morgan fingerprint density at radius 1 is 1.21 bits per heavy atom. The van der Waals surface area contributed by atoms with Gasteiger partial charge < -0.3 is 15.2 Å². The molecule has 0 unspecified atom stereocenters. The van der Waals surface area contributed by atoms with Crippen LogP contribution >= 0.6 is 11.6 Å². The van der Waals surface area contributed by atoms with E-state index in [0.29, 0.717) is 12.2 Å². The van der Waals surface area contributed by atoms with Gasteiger partial charge in [0.05, 0.1) is 23.6 Å². The lowest BCUT2D eigenvalue weighted by Crippen LogP contribution is -2.40. The van der Waals surface area contributed by atoms with Gasteiger partial charge in [-0.2, -0.15) is 4.31 Å². The molecule has 9 heteroatoms. The number of sulfonamides is 1. The van der Waals surface area contributed by atoms with Gasteiger partial charge in [0.2, 0.25) is 15.9 Å². The van der Waals surface area contributed by atoms with Crippen LogP contribution in [0, 0.1) is 0 Å². The second-order valence-electron chi connectivity index (χ2n) is 5.98. The maximum atomic E-state index is 13.2. The van der Waals surface area contributed by atoms with Crippen LogP contribution in [0.4, 0.5) is 0 Å². The smallest absolute Gasteiger partial charge is 0.243 e. The number of benzene rings is 2. The summed E-state index contributed by atoms with van der Waals surface area (Å²) in [4.78, 5) is 12.2. The number of amides is 1. The van der Waals surface area contributed by atoms with Crippen LogP contribution in [0.15, 0.2) is 53.4 Å². The number of halogens is 1. The monoisotopic (exact) mass is 426 g/mol. The highest BCUT2D eigenvalue weighted by molar-refractivity contribution is 7.89. The molecule has 2 aromatic carbocycles. The number of aliphatic hydroxyl groups is 1. The van der Waals surface area contributed by atoms with Crippen molar-refractivity contribution in [2.24, 2.45) is 0 Å². The SMILES string of the molecule is COc1ccc(S(=O)(=O)N(CC(=O)NCCCO)Cc2ccccc2)cc1Cl. The van der Waals surface area contributed by atoms with Gasteiger partial charge in [0.15, 0.2) is 0 Å².